The summed E-state index contributed by atoms with van der Waals surface area (Å²) in [6, 6.07) is 6.16. The molecule has 2 rings (SSSR count). The van der Waals surface area contributed by atoms with Gasteiger partial charge in [-0.25, -0.2) is 0 Å². The molecule has 0 aliphatic carbocycles. The summed E-state index contributed by atoms with van der Waals surface area (Å²) in [5.41, 5.74) is 9.33. The summed E-state index contributed by atoms with van der Waals surface area (Å²) in [4.78, 5) is 2.34. The average molecular weight is 174 g/mol. The topological polar surface area (TPSA) is 29.3 Å². The zero-order valence-corrected chi connectivity index (χ0v) is 7.66. The van der Waals surface area contributed by atoms with Crippen LogP contribution in [0.3, 0.4) is 0 Å². The first-order valence-corrected chi connectivity index (χ1v) is 4.50. The van der Waals surface area contributed by atoms with E-state index in [1.54, 1.807) is 0 Å². The number of hydrogen-bond donors (Lipinski definition) is 1. The van der Waals surface area contributed by atoms with Crippen molar-refractivity contribution in [3.63, 3.8) is 0 Å². The Bertz CT molecular complexity index is 331. The minimum atomic E-state index is 0.860. The number of nitrogens with two attached hydrogens (primary N) is 1. The molecule has 2 heteroatoms. The predicted octanol–water partition coefficient (Wildman–Crippen LogP) is 1.77. The van der Waals surface area contributed by atoms with E-state index in [1.165, 1.54) is 11.1 Å². The molecule has 13 heavy (non-hydrogen) atoms. The zero-order chi connectivity index (χ0) is 9.26. The number of fused-ring (bicyclic) bond motifs is 1. The fraction of sp³-hybridized carbons (Fsp3) is 0.273. The largest absolute Gasteiger partial charge is 0.399 e. The van der Waals surface area contributed by atoms with Crippen LogP contribution in [0.5, 0.6) is 0 Å². The number of anilines is 1. The Morgan fingerprint density at radius 2 is 2.15 bits per heavy atom. The molecule has 1 aliphatic rings. The molecule has 1 aromatic rings. The molecule has 0 amide bonds. The Morgan fingerprint density at radius 3 is 2.92 bits per heavy atom. The summed E-state index contributed by atoms with van der Waals surface area (Å²) in [7, 11) is 0. The number of nitrogens with zero attached hydrogens (tertiary/aromatic N) is 1. The van der Waals surface area contributed by atoms with Crippen LogP contribution in [0.2, 0.25) is 0 Å². The van der Waals surface area contributed by atoms with Gasteiger partial charge < -0.3 is 5.73 Å². The number of benzene rings is 1. The fourth-order valence-electron chi connectivity index (χ4n) is 1.80. The smallest absolute Gasteiger partial charge is 0.0317 e. The standard InChI is InChI=1S/C11H14N2/c1-2-5-13-7-9-3-4-11(12)6-10(9)8-13/h2-4,6H,1,5,7-8,12H2. The van der Waals surface area contributed by atoms with E-state index in [9.17, 15) is 0 Å². The molecular formula is C11H14N2. The van der Waals surface area contributed by atoms with E-state index in [1.807, 2.05) is 12.1 Å². The van der Waals surface area contributed by atoms with Crippen LogP contribution in [-0.4, -0.2) is 11.4 Å². The Kier molecular flexibility index (Phi) is 2.07. The van der Waals surface area contributed by atoms with Crippen molar-refractivity contribution in [2.75, 3.05) is 12.3 Å². The van der Waals surface area contributed by atoms with Crippen LogP contribution < -0.4 is 5.73 Å². The summed E-state index contributed by atoms with van der Waals surface area (Å²) in [5, 5.41) is 0. The maximum absolute atomic E-state index is 5.71. The van der Waals surface area contributed by atoms with Gasteiger partial charge in [0.1, 0.15) is 0 Å². The van der Waals surface area contributed by atoms with E-state index in [4.69, 9.17) is 5.73 Å². The molecule has 0 bridgehead atoms. The third-order valence-corrected chi connectivity index (χ3v) is 2.41. The van der Waals surface area contributed by atoms with E-state index in [0.29, 0.717) is 0 Å². The van der Waals surface area contributed by atoms with E-state index in [-0.39, 0.29) is 0 Å². The van der Waals surface area contributed by atoms with Gasteiger partial charge in [0.05, 0.1) is 0 Å². The van der Waals surface area contributed by atoms with Crippen molar-refractivity contribution in [1.29, 1.82) is 0 Å². The van der Waals surface area contributed by atoms with Gasteiger partial charge in [-0.05, 0) is 23.3 Å². The van der Waals surface area contributed by atoms with Gasteiger partial charge in [0.2, 0.25) is 0 Å². The molecule has 1 heterocycles. The zero-order valence-electron chi connectivity index (χ0n) is 7.66. The van der Waals surface area contributed by atoms with E-state index in [2.05, 4.69) is 23.6 Å². The molecule has 1 aromatic carbocycles. The normalized spacial score (nSPS) is 15.7. The number of hydrogen-bond acceptors (Lipinski definition) is 2. The van der Waals surface area contributed by atoms with Crippen LogP contribution in [0.15, 0.2) is 30.9 Å². The molecule has 2 N–H and O–H groups in total. The van der Waals surface area contributed by atoms with Gasteiger partial charge in [-0.15, -0.1) is 6.58 Å². The first-order chi connectivity index (χ1) is 6.29. The second-order valence-electron chi connectivity index (χ2n) is 3.49. The molecule has 2 nitrogen and oxygen atoms in total. The highest BCUT2D eigenvalue weighted by atomic mass is 15.1. The summed E-state index contributed by atoms with van der Waals surface area (Å²) in [6.45, 7) is 6.73. The predicted molar refractivity (Wildman–Crippen MR) is 55.2 cm³/mol. The average Bonchev–Trinajstić information content (AvgIpc) is 2.46. The monoisotopic (exact) mass is 174 g/mol. The molecule has 0 saturated heterocycles. The lowest BCUT2D eigenvalue weighted by Gasteiger charge is -2.10. The molecule has 0 saturated carbocycles. The lowest BCUT2D eigenvalue weighted by molar-refractivity contribution is 0.317. The summed E-state index contributed by atoms with van der Waals surface area (Å²) < 4.78 is 0. The van der Waals surface area contributed by atoms with Gasteiger partial charge in [0.15, 0.2) is 0 Å². The van der Waals surface area contributed by atoms with E-state index >= 15 is 0 Å². The van der Waals surface area contributed by atoms with Crippen molar-refractivity contribution in [2.24, 2.45) is 0 Å². The van der Waals surface area contributed by atoms with Crippen LogP contribution in [-0.2, 0) is 13.1 Å². The summed E-state index contributed by atoms with van der Waals surface area (Å²) in [6.07, 6.45) is 1.94. The minimum Gasteiger partial charge on any atom is -0.399 e. The van der Waals surface area contributed by atoms with Crippen LogP contribution in [0, 0.1) is 0 Å². The van der Waals surface area contributed by atoms with E-state index < -0.39 is 0 Å². The summed E-state index contributed by atoms with van der Waals surface area (Å²) >= 11 is 0. The minimum absolute atomic E-state index is 0.860. The third-order valence-electron chi connectivity index (χ3n) is 2.41. The molecule has 68 valence electrons. The molecule has 0 fully saturated rings. The van der Waals surface area contributed by atoms with Gasteiger partial charge in [0.25, 0.3) is 0 Å². The molecule has 0 unspecified atom stereocenters. The fourth-order valence-corrected chi connectivity index (χ4v) is 1.80. The van der Waals surface area contributed by atoms with Crippen LogP contribution in [0.4, 0.5) is 5.69 Å². The lowest BCUT2D eigenvalue weighted by Crippen LogP contribution is -2.15. The Labute approximate surface area is 78.7 Å². The van der Waals surface area contributed by atoms with Gasteiger partial charge in [-0.3, -0.25) is 4.90 Å². The Morgan fingerprint density at radius 1 is 1.38 bits per heavy atom. The first-order valence-electron chi connectivity index (χ1n) is 4.50. The van der Waals surface area contributed by atoms with Crippen molar-refractivity contribution in [1.82, 2.24) is 4.90 Å². The summed E-state index contributed by atoms with van der Waals surface area (Å²) in [5.74, 6) is 0. The highest BCUT2D eigenvalue weighted by molar-refractivity contribution is 5.46. The second kappa shape index (κ2) is 3.23. The van der Waals surface area contributed by atoms with E-state index in [0.717, 1.165) is 25.3 Å². The molecular weight excluding hydrogens is 160 g/mol. The molecule has 1 aliphatic heterocycles. The van der Waals surface area contributed by atoms with Crippen molar-refractivity contribution in [3.05, 3.63) is 42.0 Å². The van der Waals surface area contributed by atoms with Crippen molar-refractivity contribution < 1.29 is 0 Å². The van der Waals surface area contributed by atoms with Gasteiger partial charge in [-0.1, -0.05) is 12.1 Å². The second-order valence-corrected chi connectivity index (χ2v) is 3.49. The lowest BCUT2D eigenvalue weighted by atomic mass is 10.1. The quantitative estimate of drug-likeness (QED) is 0.547. The number of nitrogen functional groups attached to an aromatic ring is 1. The van der Waals surface area contributed by atoms with Gasteiger partial charge in [0, 0.05) is 25.3 Å². The SMILES string of the molecule is C=CCN1Cc2ccc(N)cc2C1. The number of rotatable bonds is 2. The van der Waals surface area contributed by atoms with Gasteiger partial charge in [-0.2, -0.15) is 0 Å². The van der Waals surface area contributed by atoms with Gasteiger partial charge >= 0.3 is 0 Å². The maximum atomic E-state index is 5.71. The Hall–Kier alpha value is -1.28. The molecule has 0 aromatic heterocycles. The van der Waals surface area contributed by atoms with Crippen LogP contribution in [0.1, 0.15) is 11.1 Å². The molecule has 0 spiro atoms. The molecule has 0 atom stereocenters. The third kappa shape index (κ3) is 1.58. The maximum Gasteiger partial charge on any atom is 0.0317 e. The Balaban J connectivity index is 2.20. The van der Waals surface area contributed by atoms with Crippen LogP contribution in [0.25, 0.3) is 0 Å². The molecule has 0 radical (unpaired) electrons. The first kappa shape index (κ1) is 8.32. The highest BCUT2D eigenvalue weighted by Crippen LogP contribution is 2.24. The van der Waals surface area contributed by atoms with Crippen molar-refractivity contribution in [3.8, 4) is 0 Å². The van der Waals surface area contributed by atoms with Crippen molar-refractivity contribution in [2.45, 2.75) is 13.1 Å². The van der Waals surface area contributed by atoms with Crippen molar-refractivity contribution >= 4 is 5.69 Å². The highest BCUT2D eigenvalue weighted by Gasteiger charge is 2.16. The van der Waals surface area contributed by atoms with Crippen LogP contribution >= 0.6 is 0 Å².